The summed E-state index contributed by atoms with van der Waals surface area (Å²) in [6.07, 6.45) is 3.98. The maximum atomic E-state index is 12.7. The van der Waals surface area contributed by atoms with E-state index in [2.05, 4.69) is 10.2 Å². The number of likely N-dealkylation sites (tertiary alicyclic amines) is 1. The van der Waals surface area contributed by atoms with Gasteiger partial charge in [0.25, 0.3) is 0 Å². The van der Waals surface area contributed by atoms with Crippen molar-refractivity contribution in [3.05, 3.63) is 24.2 Å². The fraction of sp³-hybridized carbons (Fsp3) is 0.647. The highest BCUT2D eigenvalue weighted by atomic mass is 16.5. The SMILES string of the molecule is O=C(NC1(C(=O)O)CCOCC1)[C@H]1CCCN(Cc2ccco2)C1. The summed E-state index contributed by atoms with van der Waals surface area (Å²) in [5.74, 6) is -0.443. The molecule has 7 heteroatoms. The molecule has 132 valence electrons. The van der Waals surface area contributed by atoms with E-state index >= 15 is 0 Å². The van der Waals surface area contributed by atoms with Crippen LogP contribution in [0.2, 0.25) is 0 Å². The molecule has 3 heterocycles. The third-order valence-corrected chi connectivity index (χ3v) is 4.95. The summed E-state index contributed by atoms with van der Waals surface area (Å²) >= 11 is 0. The zero-order chi connectivity index (χ0) is 17.0. The molecular formula is C17H24N2O5. The number of carbonyl (C=O) groups excluding carboxylic acids is 1. The molecule has 3 rings (SSSR count). The van der Waals surface area contributed by atoms with E-state index in [0.717, 1.165) is 25.1 Å². The Labute approximate surface area is 140 Å². The Morgan fingerprint density at radius 2 is 2.17 bits per heavy atom. The number of furan rings is 1. The second-order valence-corrected chi connectivity index (χ2v) is 6.64. The minimum atomic E-state index is -1.18. The number of hydrogen-bond donors (Lipinski definition) is 2. The standard InChI is InChI=1S/C17H24N2O5/c20-15(18-17(16(21)22)5-9-23-10-6-17)13-3-1-7-19(11-13)12-14-4-2-8-24-14/h2,4,8,13H,1,3,5-7,9-12H2,(H,18,20)(H,21,22)/t13-/m0/s1. The monoisotopic (exact) mass is 336 g/mol. The lowest BCUT2D eigenvalue weighted by molar-refractivity contribution is -0.153. The molecule has 1 aromatic heterocycles. The second kappa shape index (κ2) is 7.36. The average molecular weight is 336 g/mol. The molecule has 0 saturated carbocycles. The highest BCUT2D eigenvalue weighted by molar-refractivity contribution is 5.88. The van der Waals surface area contributed by atoms with Crippen LogP contribution in [0.25, 0.3) is 0 Å². The molecule has 2 N–H and O–H groups in total. The molecule has 1 aromatic rings. The Morgan fingerprint density at radius 1 is 1.38 bits per heavy atom. The molecule has 0 spiro atoms. The molecule has 7 nitrogen and oxygen atoms in total. The molecule has 1 atom stereocenters. The van der Waals surface area contributed by atoms with Crippen molar-refractivity contribution in [2.75, 3.05) is 26.3 Å². The molecule has 2 fully saturated rings. The maximum absolute atomic E-state index is 12.7. The zero-order valence-corrected chi connectivity index (χ0v) is 13.7. The van der Waals surface area contributed by atoms with Gasteiger partial charge in [-0.15, -0.1) is 0 Å². The number of carboxylic acids is 1. The van der Waals surface area contributed by atoms with E-state index in [9.17, 15) is 14.7 Å². The number of nitrogens with one attached hydrogen (secondary N) is 1. The van der Waals surface area contributed by atoms with Gasteiger partial charge in [0.1, 0.15) is 11.3 Å². The molecule has 0 radical (unpaired) electrons. The van der Waals surface area contributed by atoms with Crippen molar-refractivity contribution in [3.8, 4) is 0 Å². The summed E-state index contributed by atoms with van der Waals surface area (Å²) in [6, 6.07) is 3.77. The molecule has 0 aromatic carbocycles. The second-order valence-electron chi connectivity index (χ2n) is 6.64. The van der Waals surface area contributed by atoms with Crippen LogP contribution in [-0.2, 0) is 20.9 Å². The zero-order valence-electron chi connectivity index (χ0n) is 13.7. The summed E-state index contributed by atoms with van der Waals surface area (Å²) in [5, 5.41) is 12.4. The fourth-order valence-corrected chi connectivity index (χ4v) is 3.49. The van der Waals surface area contributed by atoms with Crippen molar-refractivity contribution in [1.29, 1.82) is 0 Å². The van der Waals surface area contributed by atoms with Crippen LogP contribution in [0, 0.1) is 5.92 Å². The number of carbonyl (C=O) groups is 2. The first kappa shape index (κ1) is 17.0. The highest BCUT2D eigenvalue weighted by Crippen LogP contribution is 2.24. The van der Waals surface area contributed by atoms with Crippen molar-refractivity contribution in [1.82, 2.24) is 10.2 Å². The van der Waals surface area contributed by atoms with Gasteiger partial charge in [0.2, 0.25) is 5.91 Å². The van der Waals surface area contributed by atoms with Gasteiger partial charge in [0, 0.05) is 32.6 Å². The molecule has 0 unspecified atom stereocenters. The number of amides is 1. The third kappa shape index (κ3) is 3.79. The molecule has 2 aliphatic rings. The first-order valence-corrected chi connectivity index (χ1v) is 8.47. The molecule has 2 aliphatic heterocycles. The number of piperidine rings is 1. The predicted molar refractivity (Wildman–Crippen MR) is 85.3 cm³/mol. The Bertz CT molecular complexity index is 566. The summed E-state index contributed by atoms with van der Waals surface area (Å²) in [7, 11) is 0. The fourth-order valence-electron chi connectivity index (χ4n) is 3.49. The first-order valence-electron chi connectivity index (χ1n) is 8.47. The molecular weight excluding hydrogens is 312 g/mol. The van der Waals surface area contributed by atoms with Gasteiger partial charge in [0.05, 0.1) is 18.7 Å². The van der Waals surface area contributed by atoms with Gasteiger partial charge in [0.15, 0.2) is 0 Å². The lowest BCUT2D eigenvalue weighted by Gasteiger charge is -2.37. The summed E-state index contributed by atoms with van der Waals surface area (Å²) in [5.41, 5.74) is -1.18. The number of ether oxygens (including phenoxy) is 1. The van der Waals surface area contributed by atoms with Gasteiger partial charge < -0.3 is 19.6 Å². The van der Waals surface area contributed by atoms with Crippen LogP contribution in [-0.4, -0.2) is 53.7 Å². The number of nitrogens with zero attached hydrogens (tertiary/aromatic N) is 1. The number of rotatable bonds is 5. The molecule has 1 amide bonds. The molecule has 0 bridgehead atoms. The normalized spacial score (nSPS) is 24.4. The average Bonchev–Trinajstić information content (AvgIpc) is 3.09. The van der Waals surface area contributed by atoms with E-state index in [1.165, 1.54) is 0 Å². The van der Waals surface area contributed by atoms with Crippen molar-refractivity contribution in [2.45, 2.75) is 37.8 Å². The Balaban J connectivity index is 1.60. The Kier molecular flexibility index (Phi) is 5.20. The summed E-state index contributed by atoms with van der Waals surface area (Å²) < 4.78 is 10.6. The summed E-state index contributed by atoms with van der Waals surface area (Å²) in [6.45, 7) is 2.94. The van der Waals surface area contributed by atoms with Crippen LogP contribution in [0.3, 0.4) is 0 Å². The van der Waals surface area contributed by atoms with Crippen LogP contribution in [0.5, 0.6) is 0 Å². The third-order valence-electron chi connectivity index (χ3n) is 4.95. The van der Waals surface area contributed by atoms with Gasteiger partial charge in [-0.3, -0.25) is 9.69 Å². The van der Waals surface area contributed by atoms with Gasteiger partial charge in [-0.25, -0.2) is 4.79 Å². The van der Waals surface area contributed by atoms with Gasteiger partial charge in [-0.2, -0.15) is 0 Å². The van der Waals surface area contributed by atoms with Crippen molar-refractivity contribution >= 4 is 11.9 Å². The number of aliphatic carboxylic acids is 1. The van der Waals surface area contributed by atoms with E-state index < -0.39 is 11.5 Å². The largest absolute Gasteiger partial charge is 0.480 e. The topological polar surface area (TPSA) is 92.0 Å². The van der Waals surface area contributed by atoms with Crippen molar-refractivity contribution < 1.29 is 23.8 Å². The van der Waals surface area contributed by atoms with Crippen molar-refractivity contribution in [2.24, 2.45) is 5.92 Å². The molecule has 0 aliphatic carbocycles. The minimum Gasteiger partial charge on any atom is -0.480 e. The van der Waals surface area contributed by atoms with E-state index in [-0.39, 0.29) is 11.8 Å². The van der Waals surface area contributed by atoms with Crippen LogP contribution < -0.4 is 5.32 Å². The number of carboxylic acid groups (broad SMARTS) is 1. The van der Waals surface area contributed by atoms with E-state index in [1.807, 2.05) is 12.1 Å². The maximum Gasteiger partial charge on any atom is 0.329 e. The van der Waals surface area contributed by atoms with E-state index in [0.29, 0.717) is 39.1 Å². The molecule has 24 heavy (non-hydrogen) atoms. The first-order chi connectivity index (χ1) is 11.6. The van der Waals surface area contributed by atoms with Crippen LogP contribution in [0.1, 0.15) is 31.4 Å². The quantitative estimate of drug-likeness (QED) is 0.840. The van der Waals surface area contributed by atoms with Crippen LogP contribution in [0.15, 0.2) is 22.8 Å². The van der Waals surface area contributed by atoms with Gasteiger partial charge in [-0.05, 0) is 31.5 Å². The van der Waals surface area contributed by atoms with Gasteiger partial charge in [-0.1, -0.05) is 0 Å². The van der Waals surface area contributed by atoms with Crippen LogP contribution >= 0.6 is 0 Å². The van der Waals surface area contributed by atoms with Crippen LogP contribution in [0.4, 0.5) is 0 Å². The van der Waals surface area contributed by atoms with Crippen molar-refractivity contribution in [3.63, 3.8) is 0 Å². The number of hydrogen-bond acceptors (Lipinski definition) is 5. The lowest BCUT2D eigenvalue weighted by atomic mass is 9.88. The van der Waals surface area contributed by atoms with E-state index in [4.69, 9.17) is 9.15 Å². The Morgan fingerprint density at radius 3 is 2.83 bits per heavy atom. The lowest BCUT2D eigenvalue weighted by Crippen LogP contribution is -2.59. The minimum absolute atomic E-state index is 0.163. The predicted octanol–water partition coefficient (Wildman–Crippen LogP) is 1.24. The van der Waals surface area contributed by atoms with E-state index in [1.54, 1.807) is 6.26 Å². The van der Waals surface area contributed by atoms with Gasteiger partial charge >= 0.3 is 5.97 Å². The Hall–Kier alpha value is -1.86. The summed E-state index contributed by atoms with van der Waals surface area (Å²) in [4.78, 5) is 26.5. The smallest absolute Gasteiger partial charge is 0.329 e. The highest BCUT2D eigenvalue weighted by Gasteiger charge is 2.43. The molecule has 2 saturated heterocycles.